The molecule has 22 heavy (non-hydrogen) atoms. The van der Waals surface area contributed by atoms with Crippen LogP contribution in [0.2, 0.25) is 0 Å². The first kappa shape index (κ1) is 17.4. The van der Waals surface area contributed by atoms with E-state index in [2.05, 4.69) is 26.0 Å². The van der Waals surface area contributed by atoms with Crippen molar-refractivity contribution in [3.63, 3.8) is 0 Å². The first-order valence-corrected chi connectivity index (χ1v) is 9.49. The lowest BCUT2D eigenvalue weighted by Gasteiger charge is -2.25. The molecule has 5 heteroatoms. The van der Waals surface area contributed by atoms with E-state index in [0.29, 0.717) is 26.1 Å². The Bertz CT molecular complexity index is 569. The first-order valence-electron chi connectivity index (χ1n) is 7.88. The van der Waals surface area contributed by atoms with E-state index in [4.69, 9.17) is 4.74 Å². The second kappa shape index (κ2) is 7.11. The molecule has 1 aliphatic rings. The molecule has 1 saturated heterocycles. The van der Waals surface area contributed by atoms with Gasteiger partial charge in [0.1, 0.15) is 0 Å². The average Bonchev–Trinajstić information content (AvgIpc) is 2.81. The first-order chi connectivity index (χ1) is 10.4. The summed E-state index contributed by atoms with van der Waals surface area (Å²) in [5, 5.41) is 0. The maximum absolute atomic E-state index is 12.5. The summed E-state index contributed by atoms with van der Waals surface area (Å²) < 4.78 is 31.8. The highest BCUT2D eigenvalue weighted by atomic mass is 32.2. The lowest BCUT2D eigenvalue weighted by atomic mass is 9.78. The highest BCUT2D eigenvalue weighted by Gasteiger charge is 2.44. The zero-order chi connectivity index (χ0) is 16.2. The van der Waals surface area contributed by atoms with E-state index in [1.54, 1.807) is 11.4 Å². The minimum Gasteiger partial charge on any atom is -0.385 e. The van der Waals surface area contributed by atoms with E-state index < -0.39 is 10.0 Å². The van der Waals surface area contributed by atoms with Crippen LogP contribution in [-0.4, -0.2) is 45.3 Å². The number of methoxy groups -OCH3 is 1. The van der Waals surface area contributed by atoms with Gasteiger partial charge < -0.3 is 4.74 Å². The van der Waals surface area contributed by atoms with Crippen LogP contribution >= 0.6 is 0 Å². The Morgan fingerprint density at radius 2 is 1.91 bits per heavy atom. The maximum Gasteiger partial charge on any atom is 0.214 e. The average molecular weight is 325 g/mol. The van der Waals surface area contributed by atoms with Crippen LogP contribution in [0.5, 0.6) is 0 Å². The second-order valence-corrected chi connectivity index (χ2v) is 8.85. The number of benzene rings is 1. The van der Waals surface area contributed by atoms with Gasteiger partial charge >= 0.3 is 0 Å². The number of sulfonamides is 1. The molecule has 1 fully saturated rings. The summed E-state index contributed by atoms with van der Waals surface area (Å²) in [6.07, 6.45) is 1.44. The molecule has 1 aromatic rings. The minimum atomic E-state index is -3.17. The molecule has 0 radical (unpaired) electrons. The van der Waals surface area contributed by atoms with Gasteiger partial charge in [0, 0.05) is 32.7 Å². The van der Waals surface area contributed by atoms with E-state index in [9.17, 15) is 8.42 Å². The summed E-state index contributed by atoms with van der Waals surface area (Å²) in [5.41, 5.74) is 1.19. The van der Waals surface area contributed by atoms with Crippen molar-refractivity contribution in [1.29, 1.82) is 0 Å². The Balaban J connectivity index is 2.05. The Hall–Kier alpha value is -0.910. The van der Waals surface area contributed by atoms with Gasteiger partial charge in [-0.15, -0.1) is 0 Å². The van der Waals surface area contributed by atoms with E-state index in [1.165, 1.54) is 5.56 Å². The molecule has 0 unspecified atom stereocenters. The number of unbranched alkanes of at least 4 members (excludes halogenated alkanes) is 1. The maximum atomic E-state index is 12.5. The Morgan fingerprint density at radius 3 is 2.55 bits per heavy atom. The van der Waals surface area contributed by atoms with Crippen molar-refractivity contribution in [2.75, 3.05) is 32.6 Å². The van der Waals surface area contributed by atoms with Crippen LogP contribution in [0.15, 0.2) is 30.3 Å². The molecule has 0 aliphatic carbocycles. The number of nitrogens with zero attached hydrogens (tertiary/aromatic N) is 1. The van der Waals surface area contributed by atoms with Crippen molar-refractivity contribution in [1.82, 2.24) is 4.31 Å². The molecule has 0 N–H and O–H groups in total. The van der Waals surface area contributed by atoms with Gasteiger partial charge in [0.2, 0.25) is 10.0 Å². The lowest BCUT2D eigenvalue weighted by Crippen LogP contribution is -2.32. The third kappa shape index (κ3) is 4.09. The third-order valence-electron chi connectivity index (χ3n) is 4.51. The van der Waals surface area contributed by atoms with E-state index in [-0.39, 0.29) is 17.1 Å². The molecule has 1 atom stereocenters. The lowest BCUT2D eigenvalue weighted by molar-refractivity contribution is 0.194. The molecule has 2 rings (SSSR count). The van der Waals surface area contributed by atoms with Crippen LogP contribution in [0.3, 0.4) is 0 Å². The standard InChI is InChI=1S/C17H27NO3S/c1-17(2)14-18(22(19,20)12-8-7-11-21-3)13-16(17)15-9-5-4-6-10-15/h4-6,9-10,16H,7-8,11-14H2,1-3H3/t16-/m0/s1. The van der Waals surface area contributed by atoms with Crippen molar-refractivity contribution < 1.29 is 13.2 Å². The highest BCUT2D eigenvalue weighted by Crippen LogP contribution is 2.43. The smallest absolute Gasteiger partial charge is 0.214 e. The molecular formula is C17H27NO3S. The van der Waals surface area contributed by atoms with Gasteiger partial charge in [-0.2, -0.15) is 0 Å². The molecule has 0 bridgehead atoms. The van der Waals surface area contributed by atoms with Gasteiger partial charge in [0.25, 0.3) is 0 Å². The van der Waals surface area contributed by atoms with Crippen molar-refractivity contribution in [2.24, 2.45) is 5.41 Å². The fraction of sp³-hybridized carbons (Fsp3) is 0.647. The zero-order valence-electron chi connectivity index (χ0n) is 13.8. The highest BCUT2D eigenvalue weighted by molar-refractivity contribution is 7.89. The normalized spacial score (nSPS) is 22.0. The topological polar surface area (TPSA) is 46.6 Å². The summed E-state index contributed by atoms with van der Waals surface area (Å²) in [6, 6.07) is 10.2. The molecule has 0 aromatic heterocycles. The Labute approximate surface area is 134 Å². The van der Waals surface area contributed by atoms with Crippen molar-refractivity contribution in [2.45, 2.75) is 32.6 Å². The molecule has 124 valence electrons. The predicted molar refractivity (Wildman–Crippen MR) is 89.4 cm³/mol. The molecular weight excluding hydrogens is 298 g/mol. The summed E-state index contributed by atoms with van der Waals surface area (Å²) in [7, 11) is -1.53. The van der Waals surface area contributed by atoms with Gasteiger partial charge in [-0.05, 0) is 23.8 Å². The van der Waals surface area contributed by atoms with Crippen molar-refractivity contribution in [3.05, 3.63) is 35.9 Å². The van der Waals surface area contributed by atoms with Crippen LogP contribution in [0.1, 0.15) is 38.2 Å². The summed E-state index contributed by atoms with van der Waals surface area (Å²) in [4.78, 5) is 0. The fourth-order valence-electron chi connectivity index (χ4n) is 3.19. The SMILES string of the molecule is COCCCCS(=O)(=O)N1C[C@@H](c2ccccc2)C(C)(C)C1. The Kier molecular flexibility index (Phi) is 5.64. The molecule has 1 aromatic carbocycles. The van der Waals surface area contributed by atoms with Crippen molar-refractivity contribution >= 4 is 10.0 Å². The van der Waals surface area contributed by atoms with Crippen molar-refractivity contribution in [3.8, 4) is 0 Å². The molecule has 1 heterocycles. The van der Waals surface area contributed by atoms with E-state index >= 15 is 0 Å². The molecule has 4 nitrogen and oxygen atoms in total. The van der Waals surface area contributed by atoms with Crippen LogP contribution in [0, 0.1) is 5.41 Å². The fourth-order valence-corrected chi connectivity index (χ4v) is 4.93. The summed E-state index contributed by atoms with van der Waals surface area (Å²) >= 11 is 0. The predicted octanol–water partition coefficient (Wildman–Crippen LogP) is 2.87. The van der Waals surface area contributed by atoms with E-state index in [0.717, 1.165) is 6.42 Å². The Morgan fingerprint density at radius 1 is 1.23 bits per heavy atom. The summed E-state index contributed by atoms with van der Waals surface area (Å²) in [6.45, 7) is 6.12. The van der Waals surface area contributed by atoms with Crippen LogP contribution in [-0.2, 0) is 14.8 Å². The molecule has 1 aliphatic heterocycles. The summed E-state index contributed by atoms with van der Waals surface area (Å²) in [5.74, 6) is 0.468. The number of hydrogen-bond acceptors (Lipinski definition) is 3. The van der Waals surface area contributed by atoms with Crippen LogP contribution in [0.25, 0.3) is 0 Å². The number of ether oxygens (including phenoxy) is 1. The van der Waals surface area contributed by atoms with Gasteiger partial charge in [0.15, 0.2) is 0 Å². The minimum absolute atomic E-state index is 0.0407. The third-order valence-corrected chi connectivity index (χ3v) is 6.38. The molecule has 0 spiro atoms. The zero-order valence-corrected chi connectivity index (χ0v) is 14.6. The molecule has 0 saturated carbocycles. The number of hydrogen-bond donors (Lipinski definition) is 0. The largest absolute Gasteiger partial charge is 0.385 e. The van der Waals surface area contributed by atoms with Crippen LogP contribution in [0.4, 0.5) is 0 Å². The van der Waals surface area contributed by atoms with Gasteiger partial charge in [-0.1, -0.05) is 44.2 Å². The van der Waals surface area contributed by atoms with Gasteiger partial charge in [-0.25, -0.2) is 12.7 Å². The van der Waals surface area contributed by atoms with Gasteiger partial charge in [-0.3, -0.25) is 0 Å². The molecule has 0 amide bonds. The van der Waals surface area contributed by atoms with Crippen LogP contribution < -0.4 is 0 Å². The quantitative estimate of drug-likeness (QED) is 0.724. The van der Waals surface area contributed by atoms with E-state index in [1.807, 2.05) is 18.2 Å². The van der Waals surface area contributed by atoms with Gasteiger partial charge in [0.05, 0.1) is 5.75 Å². The second-order valence-electron chi connectivity index (χ2n) is 6.76. The monoisotopic (exact) mass is 325 g/mol. The number of rotatable bonds is 7.